The number of methoxy groups -OCH3 is 1. The number of hydrogen-bond donors (Lipinski definition) is 1. The molecule has 40 heavy (non-hydrogen) atoms. The van der Waals surface area contributed by atoms with Gasteiger partial charge in [-0.1, -0.05) is 60.1 Å². The summed E-state index contributed by atoms with van der Waals surface area (Å²) in [5.74, 6) is 0.140. The molecule has 1 N–H and O–H groups in total. The lowest BCUT2D eigenvalue weighted by Gasteiger charge is -2.32. The predicted octanol–water partition coefficient (Wildman–Crippen LogP) is 4.67. The van der Waals surface area contributed by atoms with E-state index in [2.05, 4.69) is 5.32 Å². The Hall–Kier alpha value is -3.56. The molecule has 1 atom stereocenters. The fourth-order valence-corrected chi connectivity index (χ4v) is 5.59. The van der Waals surface area contributed by atoms with E-state index in [9.17, 15) is 18.0 Å². The molecule has 214 valence electrons. The maximum absolute atomic E-state index is 13.8. The van der Waals surface area contributed by atoms with Crippen molar-refractivity contribution in [3.63, 3.8) is 0 Å². The zero-order chi connectivity index (χ0) is 29.1. The minimum atomic E-state index is -3.62. The molecule has 0 fully saturated rings. The van der Waals surface area contributed by atoms with Gasteiger partial charge in [0.1, 0.15) is 11.8 Å². The highest BCUT2D eigenvalue weighted by molar-refractivity contribution is 7.92. The van der Waals surface area contributed by atoms with Crippen molar-refractivity contribution in [2.45, 2.75) is 38.8 Å². The quantitative estimate of drug-likeness (QED) is 0.297. The summed E-state index contributed by atoms with van der Waals surface area (Å²) in [7, 11) is -2.04. The van der Waals surface area contributed by atoms with E-state index in [1.807, 2.05) is 61.5 Å². The molecule has 3 aromatic rings. The Labute approximate surface area is 241 Å². The molecule has 0 saturated carbocycles. The average Bonchev–Trinajstić information content (AvgIpc) is 2.93. The van der Waals surface area contributed by atoms with E-state index in [0.29, 0.717) is 29.4 Å². The number of rotatable bonds is 14. The number of nitrogens with zero attached hydrogens (tertiary/aromatic N) is 2. The van der Waals surface area contributed by atoms with Crippen molar-refractivity contribution in [1.82, 2.24) is 10.2 Å². The molecule has 0 radical (unpaired) electrons. The molecule has 0 aliphatic carbocycles. The van der Waals surface area contributed by atoms with Crippen LogP contribution in [0.1, 0.15) is 30.9 Å². The summed E-state index contributed by atoms with van der Waals surface area (Å²) in [6.45, 7) is 2.53. The average molecular weight is 586 g/mol. The molecule has 3 rings (SSSR count). The van der Waals surface area contributed by atoms with Gasteiger partial charge < -0.3 is 15.0 Å². The van der Waals surface area contributed by atoms with Gasteiger partial charge in [0.05, 0.1) is 19.1 Å². The van der Waals surface area contributed by atoms with Gasteiger partial charge in [0.2, 0.25) is 21.8 Å². The first-order chi connectivity index (χ1) is 19.1. The molecule has 0 saturated heterocycles. The van der Waals surface area contributed by atoms with Crippen molar-refractivity contribution in [3.8, 4) is 5.75 Å². The maximum Gasteiger partial charge on any atom is 0.243 e. The van der Waals surface area contributed by atoms with Gasteiger partial charge in [0.15, 0.2) is 0 Å². The van der Waals surface area contributed by atoms with Crippen molar-refractivity contribution in [2.24, 2.45) is 0 Å². The van der Waals surface area contributed by atoms with Crippen molar-refractivity contribution in [3.05, 3.63) is 95.0 Å². The van der Waals surface area contributed by atoms with Crippen LogP contribution < -0.4 is 14.4 Å². The molecule has 0 bridgehead atoms. The number of halogens is 1. The van der Waals surface area contributed by atoms with E-state index >= 15 is 0 Å². The van der Waals surface area contributed by atoms with Crippen LogP contribution in [0.2, 0.25) is 5.02 Å². The number of hydrogen-bond acceptors (Lipinski definition) is 5. The molecule has 3 aromatic carbocycles. The number of carbonyl (C=O) groups excluding carboxylic acids is 2. The topological polar surface area (TPSA) is 96.0 Å². The Bertz CT molecular complexity index is 1380. The lowest BCUT2D eigenvalue weighted by atomic mass is 10.0. The number of benzene rings is 3. The van der Waals surface area contributed by atoms with Gasteiger partial charge in [-0.3, -0.25) is 13.9 Å². The normalized spacial score (nSPS) is 11.9. The first-order valence-corrected chi connectivity index (χ1v) is 15.3. The minimum absolute atomic E-state index is 0.0429. The van der Waals surface area contributed by atoms with E-state index in [1.54, 1.807) is 36.3 Å². The van der Waals surface area contributed by atoms with Gasteiger partial charge >= 0.3 is 0 Å². The van der Waals surface area contributed by atoms with Crippen LogP contribution in [-0.4, -0.2) is 57.6 Å². The molecule has 8 nitrogen and oxygen atoms in total. The molecule has 10 heteroatoms. The molecule has 2 amide bonds. The number of nitrogens with one attached hydrogen (secondary N) is 1. The molecular formula is C30H36ClN3O5S. The zero-order valence-electron chi connectivity index (χ0n) is 23.0. The summed E-state index contributed by atoms with van der Waals surface area (Å²) in [6.07, 6.45) is 1.75. The Morgan fingerprint density at radius 3 is 2.33 bits per heavy atom. The third kappa shape index (κ3) is 8.99. The van der Waals surface area contributed by atoms with Gasteiger partial charge in [-0.15, -0.1) is 0 Å². The molecule has 0 unspecified atom stereocenters. The highest BCUT2D eigenvalue weighted by Crippen LogP contribution is 2.23. The van der Waals surface area contributed by atoms with Crippen molar-refractivity contribution in [2.75, 3.05) is 30.8 Å². The van der Waals surface area contributed by atoms with Crippen LogP contribution in [0.25, 0.3) is 0 Å². The van der Waals surface area contributed by atoms with Crippen LogP contribution >= 0.6 is 11.6 Å². The summed E-state index contributed by atoms with van der Waals surface area (Å²) in [6, 6.07) is 22.7. The number of anilines is 1. The number of likely N-dealkylation sites (N-methyl/N-ethyl adjacent to an activating group) is 1. The van der Waals surface area contributed by atoms with E-state index in [1.165, 1.54) is 4.31 Å². The summed E-state index contributed by atoms with van der Waals surface area (Å²) >= 11 is 6.09. The maximum atomic E-state index is 13.8. The number of carbonyl (C=O) groups is 2. The van der Waals surface area contributed by atoms with Crippen LogP contribution in [0, 0.1) is 0 Å². The molecule has 0 aliphatic heterocycles. The lowest BCUT2D eigenvalue weighted by molar-refractivity contribution is -0.141. The van der Waals surface area contributed by atoms with Crippen LogP contribution in [-0.2, 0) is 32.6 Å². The minimum Gasteiger partial charge on any atom is -0.497 e. The van der Waals surface area contributed by atoms with E-state index in [0.717, 1.165) is 17.4 Å². The molecule has 0 aromatic heterocycles. The third-order valence-electron chi connectivity index (χ3n) is 6.36. The monoisotopic (exact) mass is 585 g/mol. The Kier molecular flexibility index (Phi) is 11.4. The number of amides is 2. The smallest absolute Gasteiger partial charge is 0.243 e. The summed E-state index contributed by atoms with van der Waals surface area (Å²) < 4.78 is 31.7. The number of ether oxygens (including phenoxy) is 1. The summed E-state index contributed by atoms with van der Waals surface area (Å²) in [5, 5.41) is 3.29. The lowest BCUT2D eigenvalue weighted by Crippen LogP contribution is -2.50. The molecular weight excluding hydrogens is 550 g/mol. The third-order valence-corrected chi connectivity index (χ3v) is 7.79. The van der Waals surface area contributed by atoms with E-state index in [-0.39, 0.29) is 37.7 Å². The highest BCUT2D eigenvalue weighted by atomic mass is 35.5. The van der Waals surface area contributed by atoms with Crippen molar-refractivity contribution >= 4 is 39.1 Å². The molecule has 0 heterocycles. The largest absolute Gasteiger partial charge is 0.497 e. The van der Waals surface area contributed by atoms with Crippen LogP contribution in [0.4, 0.5) is 5.69 Å². The molecule has 0 aliphatic rings. The standard InChI is InChI=1S/C30H36ClN3O5S/c1-4-32-30(36)28(20-23-11-6-5-7-12-23)33(22-24-13-8-16-27(19-24)39-2)29(35)17-10-18-34(40(3,37)38)26-15-9-14-25(31)21-26/h5-9,11-16,19,21,28H,4,10,17-18,20,22H2,1-3H3,(H,32,36)/t28-/m1/s1. The summed E-state index contributed by atoms with van der Waals surface area (Å²) in [4.78, 5) is 28.7. The van der Waals surface area contributed by atoms with Crippen molar-refractivity contribution < 1.29 is 22.7 Å². The highest BCUT2D eigenvalue weighted by Gasteiger charge is 2.30. The summed E-state index contributed by atoms with van der Waals surface area (Å²) in [5.41, 5.74) is 2.16. The van der Waals surface area contributed by atoms with E-state index in [4.69, 9.17) is 16.3 Å². The first-order valence-electron chi connectivity index (χ1n) is 13.1. The second-order valence-corrected chi connectivity index (χ2v) is 11.7. The van der Waals surface area contributed by atoms with Gasteiger partial charge in [0, 0.05) is 37.5 Å². The van der Waals surface area contributed by atoms with Gasteiger partial charge in [-0.25, -0.2) is 8.42 Å². The predicted molar refractivity (Wildman–Crippen MR) is 159 cm³/mol. The Morgan fingerprint density at radius 2 is 1.68 bits per heavy atom. The fourth-order valence-electron chi connectivity index (χ4n) is 4.45. The van der Waals surface area contributed by atoms with Gasteiger partial charge in [-0.2, -0.15) is 0 Å². The van der Waals surface area contributed by atoms with Crippen LogP contribution in [0.5, 0.6) is 5.75 Å². The fraction of sp³-hybridized carbons (Fsp3) is 0.333. The van der Waals surface area contributed by atoms with E-state index < -0.39 is 16.1 Å². The molecule has 0 spiro atoms. The zero-order valence-corrected chi connectivity index (χ0v) is 24.6. The second kappa shape index (κ2) is 14.7. The SMILES string of the molecule is CCNC(=O)[C@@H](Cc1ccccc1)N(Cc1cccc(OC)c1)C(=O)CCCN(c1cccc(Cl)c1)S(C)(=O)=O. The van der Waals surface area contributed by atoms with Crippen molar-refractivity contribution in [1.29, 1.82) is 0 Å². The Morgan fingerprint density at radius 1 is 0.975 bits per heavy atom. The van der Waals surface area contributed by atoms with Gasteiger partial charge in [-0.05, 0) is 54.8 Å². The van der Waals surface area contributed by atoms with Gasteiger partial charge in [0.25, 0.3) is 0 Å². The Balaban J connectivity index is 1.88. The second-order valence-electron chi connectivity index (χ2n) is 9.39. The first kappa shape index (κ1) is 31.0. The van der Waals surface area contributed by atoms with Crippen LogP contribution in [0.15, 0.2) is 78.9 Å². The number of sulfonamides is 1. The van der Waals surface area contributed by atoms with Crippen LogP contribution in [0.3, 0.4) is 0 Å².